The van der Waals surface area contributed by atoms with Gasteiger partial charge in [-0.3, -0.25) is 9.59 Å². The van der Waals surface area contributed by atoms with E-state index >= 15 is 0 Å². The average molecular weight is 388 g/mol. The van der Waals surface area contributed by atoms with Crippen molar-refractivity contribution in [3.8, 4) is 5.75 Å². The third kappa shape index (κ3) is 4.37. The molecule has 3 N–H and O–H groups in total. The van der Waals surface area contributed by atoms with Crippen LogP contribution in [0.4, 0.5) is 10.5 Å². The standard InChI is InChI=1S/C20H28N4O4/c1-3-21-20(27)24-16-10-5-4-9-15(16)23-19(26)17(24)12-18(25)22-13-7-6-8-14(11-13)28-2/h6-8,11,15-17H,3-5,9-10,12H2,1-2H3,(H,21,27)(H,22,25)(H,23,26). The first-order valence-corrected chi connectivity index (χ1v) is 9.84. The molecular weight excluding hydrogens is 360 g/mol. The van der Waals surface area contributed by atoms with E-state index in [1.807, 2.05) is 6.92 Å². The molecule has 2 aliphatic rings. The Labute approximate surface area is 165 Å². The molecule has 1 aliphatic heterocycles. The quantitative estimate of drug-likeness (QED) is 0.717. The van der Waals surface area contributed by atoms with Gasteiger partial charge in [-0.25, -0.2) is 4.79 Å². The Morgan fingerprint density at radius 3 is 2.82 bits per heavy atom. The van der Waals surface area contributed by atoms with E-state index in [1.54, 1.807) is 36.3 Å². The third-order valence-electron chi connectivity index (χ3n) is 5.35. The van der Waals surface area contributed by atoms with Crippen LogP contribution in [0.2, 0.25) is 0 Å². The number of urea groups is 1. The number of nitrogens with zero attached hydrogens (tertiary/aromatic N) is 1. The molecule has 1 aromatic carbocycles. The van der Waals surface area contributed by atoms with Crippen molar-refractivity contribution in [2.45, 2.75) is 57.2 Å². The zero-order valence-corrected chi connectivity index (χ0v) is 16.4. The van der Waals surface area contributed by atoms with Crippen LogP contribution in [-0.4, -0.2) is 54.5 Å². The molecule has 1 saturated carbocycles. The van der Waals surface area contributed by atoms with Crippen LogP contribution in [0.5, 0.6) is 5.75 Å². The number of nitrogens with one attached hydrogen (secondary N) is 3. The number of ether oxygens (including phenoxy) is 1. The molecule has 3 unspecified atom stereocenters. The van der Waals surface area contributed by atoms with E-state index < -0.39 is 6.04 Å². The molecule has 28 heavy (non-hydrogen) atoms. The highest BCUT2D eigenvalue weighted by molar-refractivity contribution is 5.97. The van der Waals surface area contributed by atoms with Crippen molar-refractivity contribution >= 4 is 23.5 Å². The van der Waals surface area contributed by atoms with Crippen LogP contribution in [-0.2, 0) is 9.59 Å². The first-order valence-electron chi connectivity index (χ1n) is 9.84. The SMILES string of the molecule is CCNC(=O)N1C(CC(=O)Nc2cccc(OC)c2)C(=O)NC2CCCCC21. The number of piperazine rings is 1. The zero-order valence-electron chi connectivity index (χ0n) is 16.4. The van der Waals surface area contributed by atoms with Crippen LogP contribution >= 0.6 is 0 Å². The van der Waals surface area contributed by atoms with E-state index in [-0.39, 0.29) is 36.3 Å². The van der Waals surface area contributed by atoms with Crippen molar-refractivity contribution in [3.05, 3.63) is 24.3 Å². The number of anilines is 1. The van der Waals surface area contributed by atoms with Crippen LogP contribution < -0.4 is 20.7 Å². The molecule has 2 fully saturated rings. The lowest BCUT2D eigenvalue weighted by molar-refractivity contribution is -0.135. The van der Waals surface area contributed by atoms with Gasteiger partial charge in [-0.1, -0.05) is 18.9 Å². The molecule has 0 aromatic heterocycles. The lowest BCUT2D eigenvalue weighted by Gasteiger charge is -2.47. The molecule has 1 aliphatic carbocycles. The maximum Gasteiger partial charge on any atom is 0.318 e. The average Bonchev–Trinajstić information content (AvgIpc) is 2.68. The molecule has 1 aromatic rings. The first-order chi connectivity index (χ1) is 13.5. The Kier molecular flexibility index (Phi) is 6.38. The lowest BCUT2D eigenvalue weighted by Crippen LogP contribution is -2.69. The van der Waals surface area contributed by atoms with Crippen LogP contribution in [0.15, 0.2) is 24.3 Å². The van der Waals surface area contributed by atoms with E-state index in [2.05, 4.69) is 16.0 Å². The van der Waals surface area contributed by atoms with E-state index in [0.717, 1.165) is 25.7 Å². The van der Waals surface area contributed by atoms with Gasteiger partial charge >= 0.3 is 6.03 Å². The van der Waals surface area contributed by atoms with Crippen LogP contribution in [0.25, 0.3) is 0 Å². The summed E-state index contributed by atoms with van der Waals surface area (Å²) in [6.07, 6.45) is 3.63. The fraction of sp³-hybridized carbons (Fsp3) is 0.550. The first kappa shape index (κ1) is 20.0. The van der Waals surface area contributed by atoms with Gasteiger partial charge in [0, 0.05) is 24.3 Å². The summed E-state index contributed by atoms with van der Waals surface area (Å²) in [5.41, 5.74) is 0.584. The molecule has 4 amide bonds. The van der Waals surface area contributed by atoms with Gasteiger partial charge in [-0.15, -0.1) is 0 Å². The zero-order chi connectivity index (χ0) is 20.1. The van der Waals surface area contributed by atoms with Crippen molar-refractivity contribution in [2.24, 2.45) is 0 Å². The van der Waals surface area contributed by atoms with Gasteiger partial charge in [-0.05, 0) is 31.9 Å². The van der Waals surface area contributed by atoms with E-state index in [1.165, 1.54) is 0 Å². The van der Waals surface area contributed by atoms with Gasteiger partial charge in [0.2, 0.25) is 11.8 Å². The number of benzene rings is 1. The smallest absolute Gasteiger partial charge is 0.318 e. The minimum Gasteiger partial charge on any atom is -0.497 e. The van der Waals surface area contributed by atoms with Crippen LogP contribution in [0, 0.1) is 0 Å². The van der Waals surface area contributed by atoms with Crippen molar-refractivity contribution in [3.63, 3.8) is 0 Å². The highest BCUT2D eigenvalue weighted by Gasteiger charge is 2.45. The van der Waals surface area contributed by atoms with Gasteiger partial charge in [0.05, 0.1) is 19.6 Å². The predicted octanol–water partition coefficient (Wildman–Crippen LogP) is 1.86. The Balaban J connectivity index is 1.75. The van der Waals surface area contributed by atoms with Crippen LogP contribution in [0.1, 0.15) is 39.0 Å². The van der Waals surface area contributed by atoms with E-state index in [4.69, 9.17) is 4.74 Å². The summed E-state index contributed by atoms with van der Waals surface area (Å²) in [6, 6.07) is 5.79. The second kappa shape index (κ2) is 8.95. The highest BCUT2D eigenvalue weighted by Crippen LogP contribution is 2.29. The Hall–Kier alpha value is -2.77. The maximum absolute atomic E-state index is 12.7. The topological polar surface area (TPSA) is 99.8 Å². The summed E-state index contributed by atoms with van der Waals surface area (Å²) in [5.74, 6) is 0.0364. The molecular formula is C20H28N4O4. The van der Waals surface area contributed by atoms with E-state index in [9.17, 15) is 14.4 Å². The molecule has 1 heterocycles. The molecule has 3 atom stereocenters. The van der Waals surface area contributed by atoms with Crippen molar-refractivity contribution < 1.29 is 19.1 Å². The summed E-state index contributed by atoms with van der Waals surface area (Å²) in [6.45, 7) is 2.31. The highest BCUT2D eigenvalue weighted by atomic mass is 16.5. The maximum atomic E-state index is 12.7. The van der Waals surface area contributed by atoms with Crippen LogP contribution in [0.3, 0.4) is 0 Å². The summed E-state index contributed by atoms with van der Waals surface area (Å²) in [4.78, 5) is 39.7. The van der Waals surface area contributed by atoms with E-state index in [0.29, 0.717) is 18.0 Å². The second-order valence-electron chi connectivity index (χ2n) is 7.21. The van der Waals surface area contributed by atoms with Gasteiger partial charge in [0.15, 0.2) is 0 Å². The minimum absolute atomic E-state index is 0.0402. The molecule has 1 saturated heterocycles. The number of carbonyl (C=O) groups is 3. The predicted molar refractivity (Wildman–Crippen MR) is 105 cm³/mol. The Morgan fingerprint density at radius 2 is 2.07 bits per heavy atom. The molecule has 0 radical (unpaired) electrons. The Morgan fingerprint density at radius 1 is 1.29 bits per heavy atom. The lowest BCUT2D eigenvalue weighted by atomic mass is 9.85. The number of hydrogen-bond donors (Lipinski definition) is 3. The molecule has 8 nitrogen and oxygen atoms in total. The molecule has 0 spiro atoms. The summed E-state index contributed by atoms with van der Waals surface area (Å²) < 4.78 is 5.16. The largest absolute Gasteiger partial charge is 0.497 e. The van der Waals surface area contributed by atoms with Gasteiger partial charge in [0.1, 0.15) is 11.8 Å². The number of carbonyl (C=O) groups excluding carboxylic acids is 3. The van der Waals surface area contributed by atoms with Gasteiger partial charge in [0.25, 0.3) is 0 Å². The number of rotatable bonds is 5. The number of hydrogen-bond acceptors (Lipinski definition) is 4. The number of amides is 4. The third-order valence-corrected chi connectivity index (χ3v) is 5.35. The summed E-state index contributed by atoms with van der Waals surface area (Å²) >= 11 is 0. The summed E-state index contributed by atoms with van der Waals surface area (Å²) in [5, 5.41) is 8.61. The Bertz CT molecular complexity index is 739. The minimum atomic E-state index is -0.823. The number of fused-ring (bicyclic) bond motifs is 1. The van der Waals surface area contributed by atoms with Crippen molar-refractivity contribution in [2.75, 3.05) is 19.0 Å². The van der Waals surface area contributed by atoms with Gasteiger partial charge in [-0.2, -0.15) is 0 Å². The molecule has 3 rings (SSSR count). The number of methoxy groups -OCH3 is 1. The van der Waals surface area contributed by atoms with Crippen molar-refractivity contribution in [1.82, 2.24) is 15.5 Å². The van der Waals surface area contributed by atoms with Gasteiger partial charge < -0.3 is 25.6 Å². The fourth-order valence-electron chi connectivity index (χ4n) is 4.06. The fourth-order valence-corrected chi connectivity index (χ4v) is 4.06. The monoisotopic (exact) mass is 388 g/mol. The summed E-state index contributed by atoms with van der Waals surface area (Å²) in [7, 11) is 1.55. The normalized spacial score (nSPS) is 24.0. The molecule has 152 valence electrons. The molecule has 0 bridgehead atoms. The van der Waals surface area contributed by atoms with Crippen molar-refractivity contribution in [1.29, 1.82) is 0 Å². The second-order valence-corrected chi connectivity index (χ2v) is 7.21. The molecule has 8 heteroatoms.